The molecular weight excluding hydrogens is 208 g/mol. The Hall–Kier alpha value is -1.10. The maximum Gasteiger partial charge on any atom is 0.322 e. The molecule has 0 unspecified atom stereocenters. The molecule has 2 fully saturated rings. The lowest BCUT2D eigenvalue weighted by Gasteiger charge is -2.42. The fourth-order valence-corrected chi connectivity index (χ4v) is 2.36. The number of imide groups is 1. The highest BCUT2D eigenvalue weighted by molar-refractivity contribution is 6.07. The van der Waals surface area contributed by atoms with Gasteiger partial charge < -0.3 is 10.1 Å². The number of hydrogen-bond donors (Lipinski definition) is 2. The number of rotatable bonds is 5. The van der Waals surface area contributed by atoms with Gasteiger partial charge in [-0.3, -0.25) is 10.1 Å². The predicted octanol–water partition coefficient (Wildman–Crippen LogP) is 0.791. The Morgan fingerprint density at radius 3 is 2.75 bits per heavy atom. The van der Waals surface area contributed by atoms with Gasteiger partial charge in [-0.15, -0.1) is 0 Å². The molecule has 1 spiro atoms. The molecule has 1 aliphatic heterocycles. The van der Waals surface area contributed by atoms with Gasteiger partial charge in [0.15, 0.2) is 0 Å². The maximum absolute atomic E-state index is 11.5. The highest BCUT2D eigenvalue weighted by Crippen LogP contribution is 2.39. The molecule has 5 nitrogen and oxygen atoms in total. The molecule has 0 aromatic carbocycles. The van der Waals surface area contributed by atoms with E-state index in [1.165, 1.54) is 0 Å². The van der Waals surface area contributed by atoms with Crippen LogP contribution in [0.3, 0.4) is 0 Å². The lowest BCUT2D eigenvalue weighted by atomic mass is 9.68. The van der Waals surface area contributed by atoms with E-state index in [-0.39, 0.29) is 11.9 Å². The van der Waals surface area contributed by atoms with E-state index >= 15 is 0 Å². The molecule has 2 rings (SSSR count). The van der Waals surface area contributed by atoms with Crippen LogP contribution in [0.25, 0.3) is 0 Å². The number of urea groups is 1. The summed E-state index contributed by atoms with van der Waals surface area (Å²) in [4.78, 5) is 22.5. The fourth-order valence-electron chi connectivity index (χ4n) is 2.36. The van der Waals surface area contributed by atoms with Crippen LogP contribution < -0.4 is 10.6 Å². The van der Waals surface area contributed by atoms with Gasteiger partial charge in [0.1, 0.15) is 5.54 Å². The minimum absolute atomic E-state index is 0.178. The molecular formula is C11H18N2O3. The summed E-state index contributed by atoms with van der Waals surface area (Å²) in [5.41, 5.74) is -0.615. The van der Waals surface area contributed by atoms with Gasteiger partial charge in [0.05, 0.1) is 0 Å². The second-order valence-electron chi connectivity index (χ2n) is 4.69. The van der Waals surface area contributed by atoms with Crippen molar-refractivity contribution in [1.82, 2.24) is 10.6 Å². The second-order valence-corrected chi connectivity index (χ2v) is 4.69. The van der Waals surface area contributed by atoms with Gasteiger partial charge in [-0.1, -0.05) is 13.3 Å². The summed E-state index contributed by atoms with van der Waals surface area (Å²) in [6.45, 7) is 3.61. The van der Waals surface area contributed by atoms with Gasteiger partial charge in [-0.05, 0) is 25.2 Å². The first-order valence-corrected chi connectivity index (χ1v) is 5.87. The zero-order valence-corrected chi connectivity index (χ0v) is 9.54. The molecule has 1 heterocycles. The number of amides is 3. The fraction of sp³-hybridized carbons (Fsp3) is 0.818. The van der Waals surface area contributed by atoms with E-state index in [1.807, 2.05) is 0 Å². The summed E-state index contributed by atoms with van der Waals surface area (Å²) >= 11 is 0. The number of nitrogens with one attached hydrogen (secondary N) is 2. The van der Waals surface area contributed by atoms with Crippen molar-refractivity contribution in [3.8, 4) is 0 Å². The van der Waals surface area contributed by atoms with E-state index < -0.39 is 5.54 Å². The van der Waals surface area contributed by atoms with E-state index in [1.54, 1.807) is 0 Å². The molecule has 1 saturated carbocycles. The zero-order chi connectivity index (χ0) is 11.6. The Labute approximate surface area is 94.9 Å². The van der Waals surface area contributed by atoms with Gasteiger partial charge in [0.2, 0.25) is 0 Å². The van der Waals surface area contributed by atoms with Crippen molar-refractivity contribution in [2.24, 2.45) is 5.92 Å². The number of ether oxygens (including phenoxy) is 1. The molecule has 2 N–H and O–H groups in total. The Morgan fingerprint density at radius 2 is 2.19 bits per heavy atom. The Kier molecular flexibility index (Phi) is 3.14. The SMILES string of the molecule is CCCCOC[C@H]1C[C@]2(C1)NC(=O)NC2=O. The predicted molar refractivity (Wildman–Crippen MR) is 57.9 cm³/mol. The molecule has 5 heteroatoms. The zero-order valence-electron chi connectivity index (χ0n) is 9.54. The summed E-state index contributed by atoms with van der Waals surface area (Å²) in [6.07, 6.45) is 3.62. The Morgan fingerprint density at radius 1 is 1.44 bits per heavy atom. The quantitative estimate of drug-likeness (QED) is 0.538. The Bertz CT molecular complexity index is 298. The van der Waals surface area contributed by atoms with E-state index in [2.05, 4.69) is 17.6 Å². The average molecular weight is 226 g/mol. The largest absolute Gasteiger partial charge is 0.381 e. The Balaban J connectivity index is 1.69. The normalized spacial score (nSPS) is 32.4. The molecule has 90 valence electrons. The lowest BCUT2D eigenvalue weighted by Crippen LogP contribution is -2.57. The van der Waals surface area contributed by atoms with Crippen LogP contribution in [-0.2, 0) is 9.53 Å². The summed E-state index contributed by atoms with van der Waals surface area (Å²) in [7, 11) is 0. The van der Waals surface area contributed by atoms with Crippen LogP contribution in [0.2, 0.25) is 0 Å². The molecule has 16 heavy (non-hydrogen) atoms. The van der Waals surface area contributed by atoms with Crippen LogP contribution in [0.1, 0.15) is 32.6 Å². The molecule has 1 aliphatic carbocycles. The van der Waals surface area contributed by atoms with Crippen LogP contribution in [-0.4, -0.2) is 30.7 Å². The van der Waals surface area contributed by atoms with Crippen molar-refractivity contribution in [2.75, 3.05) is 13.2 Å². The standard InChI is InChI=1S/C11H18N2O3/c1-2-3-4-16-7-8-5-11(6-8)9(14)12-10(15)13-11/h8H,2-7H2,1H3,(H2,12,13,14,15)/t8-,11+. The van der Waals surface area contributed by atoms with Crippen molar-refractivity contribution in [2.45, 2.75) is 38.1 Å². The highest BCUT2D eigenvalue weighted by Gasteiger charge is 2.55. The van der Waals surface area contributed by atoms with Crippen molar-refractivity contribution in [1.29, 1.82) is 0 Å². The van der Waals surface area contributed by atoms with Crippen LogP contribution in [0.5, 0.6) is 0 Å². The van der Waals surface area contributed by atoms with Crippen molar-refractivity contribution >= 4 is 11.9 Å². The first-order valence-electron chi connectivity index (χ1n) is 5.87. The van der Waals surface area contributed by atoms with Crippen LogP contribution in [0.15, 0.2) is 0 Å². The van der Waals surface area contributed by atoms with Gasteiger partial charge in [-0.25, -0.2) is 4.79 Å². The topological polar surface area (TPSA) is 67.4 Å². The maximum atomic E-state index is 11.5. The molecule has 0 radical (unpaired) electrons. The minimum Gasteiger partial charge on any atom is -0.381 e. The molecule has 0 bridgehead atoms. The van der Waals surface area contributed by atoms with Crippen LogP contribution in [0.4, 0.5) is 4.79 Å². The van der Waals surface area contributed by atoms with E-state index in [0.29, 0.717) is 25.4 Å². The van der Waals surface area contributed by atoms with E-state index in [0.717, 1.165) is 19.4 Å². The van der Waals surface area contributed by atoms with E-state index in [4.69, 9.17) is 4.74 Å². The third-order valence-corrected chi connectivity index (χ3v) is 3.28. The summed E-state index contributed by atoms with van der Waals surface area (Å²) in [5.74, 6) is 0.225. The highest BCUT2D eigenvalue weighted by atomic mass is 16.5. The second kappa shape index (κ2) is 4.41. The van der Waals surface area contributed by atoms with Crippen LogP contribution in [0, 0.1) is 5.92 Å². The molecule has 0 aromatic heterocycles. The summed E-state index contributed by atoms with van der Waals surface area (Å²) < 4.78 is 5.50. The average Bonchev–Trinajstić information content (AvgIpc) is 2.47. The van der Waals surface area contributed by atoms with Crippen molar-refractivity contribution < 1.29 is 14.3 Å². The monoisotopic (exact) mass is 226 g/mol. The number of unbranched alkanes of at least 4 members (excludes halogenated alkanes) is 1. The minimum atomic E-state index is -0.615. The molecule has 0 atom stereocenters. The van der Waals surface area contributed by atoms with E-state index in [9.17, 15) is 9.59 Å². The summed E-state index contributed by atoms with van der Waals surface area (Å²) in [5, 5.41) is 4.97. The molecule has 1 saturated heterocycles. The summed E-state index contributed by atoms with van der Waals surface area (Å²) in [6, 6.07) is -0.365. The van der Waals surface area contributed by atoms with Gasteiger partial charge in [0, 0.05) is 13.2 Å². The van der Waals surface area contributed by atoms with Gasteiger partial charge >= 0.3 is 6.03 Å². The van der Waals surface area contributed by atoms with Crippen molar-refractivity contribution in [3.63, 3.8) is 0 Å². The van der Waals surface area contributed by atoms with Crippen molar-refractivity contribution in [3.05, 3.63) is 0 Å². The third-order valence-electron chi connectivity index (χ3n) is 3.28. The van der Waals surface area contributed by atoms with Gasteiger partial charge in [0.25, 0.3) is 5.91 Å². The number of hydrogen-bond acceptors (Lipinski definition) is 3. The molecule has 3 amide bonds. The number of carbonyl (C=O) groups excluding carboxylic acids is 2. The third kappa shape index (κ3) is 2.04. The smallest absolute Gasteiger partial charge is 0.322 e. The first kappa shape index (κ1) is 11.4. The lowest BCUT2D eigenvalue weighted by molar-refractivity contribution is -0.129. The molecule has 2 aliphatic rings. The van der Waals surface area contributed by atoms with Crippen LogP contribution >= 0.6 is 0 Å². The van der Waals surface area contributed by atoms with Gasteiger partial charge in [-0.2, -0.15) is 0 Å². The first-order chi connectivity index (χ1) is 7.66. The molecule has 0 aromatic rings. The number of carbonyl (C=O) groups is 2.